The van der Waals surface area contributed by atoms with E-state index in [1.165, 1.54) is 12.1 Å². The van der Waals surface area contributed by atoms with Crippen molar-refractivity contribution in [2.75, 3.05) is 10.8 Å². The zero-order valence-electron chi connectivity index (χ0n) is 15.8. The van der Waals surface area contributed by atoms with Crippen LogP contribution in [0.5, 0.6) is 0 Å². The standard InChI is InChI=1S/C20H25ClN2O3S/c1-4-7-16(3)22-20(24)14-23(19-9-6-5-8-18(19)21)27(25,26)17-12-10-15(2)11-13-17/h5-6,8-13,16H,4,7,14H2,1-3H3,(H,22,24)/t16-/m0/s1. The molecule has 1 amide bonds. The van der Waals surface area contributed by atoms with Crippen LogP contribution in [-0.4, -0.2) is 26.9 Å². The fourth-order valence-corrected chi connectivity index (χ4v) is 4.47. The number of nitrogens with zero attached hydrogens (tertiary/aromatic N) is 1. The molecule has 0 spiro atoms. The zero-order valence-corrected chi connectivity index (χ0v) is 17.3. The summed E-state index contributed by atoms with van der Waals surface area (Å²) in [6, 6.07) is 13.1. The molecule has 2 aromatic rings. The molecule has 0 unspecified atom stereocenters. The van der Waals surface area contributed by atoms with Crippen molar-refractivity contribution in [1.82, 2.24) is 5.32 Å². The number of hydrogen-bond donors (Lipinski definition) is 1. The maximum atomic E-state index is 13.2. The van der Waals surface area contributed by atoms with Gasteiger partial charge in [0.25, 0.3) is 10.0 Å². The van der Waals surface area contributed by atoms with Crippen LogP contribution in [0.2, 0.25) is 5.02 Å². The van der Waals surface area contributed by atoms with Crippen LogP contribution in [0.25, 0.3) is 0 Å². The zero-order chi connectivity index (χ0) is 20.0. The second kappa shape index (κ2) is 9.24. The second-order valence-corrected chi connectivity index (χ2v) is 8.80. The topological polar surface area (TPSA) is 66.5 Å². The number of nitrogens with one attached hydrogen (secondary N) is 1. The first kappa shape index (κ1) is 21.3. The Morgan fingerprint density at radius 2 is 1.78 bits per heavy atom. The largest absolute Gasteiger partial charge is 0.352 e. The van der Waals surface area contributed by atoms with Gasteiger partial charge in [0.05, 0.1) is 15.6 Å². The van der Waals surface area contributed by atoms with Crippen molar-refractivity contribution in [3.63, 3.8) is 0 Å². The van der Waals surface area contributed by atoms with E-state index in [4.69, 9.17) is 11.6 Å². The van der Waals surface area contributed by atoms with Crippen LogP contribution >= 0.6 is 11.6 Å². The maximum absolute atomic E-state index is 13.2. The molecular formula is C20H25ClN2O3S. The summed E-state index contributed by atoms with van der Waals surface area (Å²) >= 11 is 6.24. The van der Waals surface area contributed by atoms with E-state index in [2.05, 4.69) is 5.32 Å². The van der Waals surface area contributed by atoms with Crippen LogP contribution in [0.3, 0.4) is 0 Å². The van der Waals surface area contributed by atoms with Gasteiger partial charge in [0.15, 0.2) is 0 Å². The predicted molar refractivity (Wildman–Crippen MR) is 110 cm³/mol. The minimum atomic E-state index is -3.95. The highest BCUT2D eigenvalue weighted by atomic mass is 35.5. The number of benzene rings is 2. The van der Waals surface area contributed by atoms with E-state index in [-0.39, 0.29) is 34.1 Å². The van der Waals surface area contributed by atoms with Crippen LogP contribution < -0.4 is 9.62 Å². The minimum absolute atomic E-state index is 0.0299. The Morgan fingerprint density at radius 3 is 2.37 bits per heavy atom. The average Bonchev–Trinajstić information content (AvgIpc) is 2.61. The molecule has 5 nitrogen and oxygen atoms in total. The van der Waals surface area contributed by atoms with Gasteiger partial charge in [-0.05, 0) is 44.5 Å². The fraction of sp³-hybridized carbons (Fsp3) is 0.350. The molecule has 0 aromatic heterocycles. The number of amides is 1. The molecule has 0 aliphatic rings. The van der Waals surface area contributed by atoms with E-state index >= 15 is 0 Å². The molecule has 1 atom stereocenters. The number of carbonyl (C=O) groups is 1. The Hall–Kier alpha value is -2.05. The molecule has 27 heavy (non-hydrogen) atoms. The summed E-state index contributed by atoms with van der Waals surface area (Å²) in [5.74, 6) is -0.369. The molecule has 0 fully saturated rings. The SMILES string of the molecule is CCC[C@H](C)NC(=O)CN(c1ccccc1Cl)S(=O)(=O)c1ccc(C)cc1. The molecule has 0 bridgehead atoms. The van der Waals surface area contributed by atoms with Crippen molar-refractivity contribution in [3.8, 4) is 0 Å². The summed E-state index contributed by atoms with van der Waals surface area (Å²) in [6.07, 6.45) is 1.75. The molecule has 0 aliphatic carbocycles. The highest BCUT2D eigenvalue weighted by molar-refractivity contribution is 7.92. The van der Waals surface area contributed by atoms with Gasteiger partial charge in [-0.3, -0.25) is 9.10 Å². The Bertz CT molecular complexity index is 882. The second-order valence-electron chi connectivity index (χ2n) is 6.53. The third-order valence-corrected chi connectivity index (χ3v) is 6.24. The van der Waals surface area contributed by atoms with E-state index in [0.717, 1.165) is 22.7 Å². The summed E-state index contributed by atoms with van der Waals surface area (Å²) in [7, 11) is -3.95. The summed E-state index contributed by atoms with van der Waals surface area (Å²) < 4.78 is 27.5. The quantitative estimate of drug-likeness (QED) is 0.713. The summed E-state index contributed by atoms with van der Waals surface area (Å²) in [6.45, 7) is 5.47. The van der Waals surface area contributed by atoms with Gasteiger partial charge < -0.3 is 5.32 Å². The number of halogens is 1. The Balaban J connectivity index is 2.40. The smallest absolute Gasteiger partial charge is 0.264 e. The monoisotopic (exact) mass is 408 g/mol. The number of para-hydroxylation sites is 1. The highest BCUT2D eigenvalue weighted by Gasteiger charge is 2.28. The van der Waals surface area contributed by atoms with Gasteiger partial charge in [-0.2, -0.15) is 0 Å². The molecular weight excluding hydrogens is 384 g/mol. The molecule has 2 rings (SSSR count). The molecule has 0 heterocycles. The highest BCUT2D eigenvalue weighted by Crippen LogP contribution is 2.30. The Kier molecular flexibility index (Phi) is 7.27. The lowest BCUT2D eigenvalue weighted by Crippen LogP contribution is -2.43. The average molecular weight is 409 g/mol. The van der Waals surface area contributed by atoms with E-state index in [1.54, 1.807) is 36.4 Å². The van der Waals surface area contributed by atoms with Crippen molar-refractivity contribution >= 4 is 33.2 Å². The number of aryl methyl sites for hydroxylation is 1. The minimum Gasteiger partial charge on any atom is -0.352 e. The molecule has 1 N–H and O–H groups in total. The number of sulfonamides is 1. The van der Waals surface area contributed by atoms with Crippen molar-refractivity contribution in [1.29, 1.82) is 0 Å². The molecule has 0 radical (unpaired) electrons. The van der Waals surface area contributed by atoms with Gasteiger partial charge in [0.1, 0.15) is 6.54 Å². The first-order valence-corrected chi connectivity index (χ1v) is 10.7. The first-order chi connectivity index (χ1) is 12.8. The molecule has 2 aromatic carbocycles. The lowest BCUT2D eigenvalue weighted by atomic mass is 10.2. The molecule has 0 saturated heterocycles. The molecule has 0 saturated carbocycles. The van der Waals surface area contributed by atoms with Gasteiger partial charge in [-0.15, -0.1) is 0 Å². The van der Waals surface area contributed by atoms with E-state index in [0.29, 0.717) is 0 Å². The number of carbonyl (C=O) groups excluding carboxylic acids is 1. The predicted octanol–water partition coefficient (Wildman–Crippen LogP) is 4.15. The fourth-order valence-electron chi connectivity index (χ4n) is 2.75. The summed E-state index contributed by atoms with van der Waals surface area (Å²) in [4.78, 5) is 12.6. The maximum Gasteiger partial charge on any atom is 0.264 e. The summed E-state index contributed by atoms with van der Waals surface area (Å²) in [5.41, 5.74) is 1.22. The van der Waals surface area contributed by atoms with Crippen LogP contribution in [0, 0.1) is 6.92 Å². The van der Waals surface area contributed by atoms with Gasteiger partial charge in [0.2, 0.25) is 5.91 Å². The van der Waals surface area contributed by atoms with E-state index < -0.39 is 10.0 Å². The van der Waals surface area contributed by atoms with Crippen LogP contribution in [0.15, 0.2) is 53.4 Å². The molecule has 146 valence electrons. The van der Waals surface area contributed by atoms with Crippen LogP contribution in [0.1, 0.15) is 32.3 Å². The van der Waals surface area contributed by atoms with Crippen LogP contribution in [-0.2, 0) is 14.8 Å². The van der Waals surface area contributed by atoms with E-state index in [1.807, 2.05) is 20.8 Å². The Morgan fingerprint density at radius 1 is 1.15 bits per heavy atom. The van der Waals surface area contributed by atoms with Gasteiger partial charge in [-0.25, -0.2) is 8.42 Å². The first-order valence-electron chi connectivity index (χ1n) is 8.89. The lowest BCUT2D eigenvalue weighted by Gasteiger charge is -2.25. The summed E-state index contributed by atoms with van der Waals surface area (Å²) in [5, 5.41) is 3.11. The van der Waals surface area contributed by atoms with Crippen molar-refractivity contribution in [2.45, 2.75) is 44.6 Å². The Labute approximate surface area is 166 Å². The number of rotatable bonds is 8. The van der Waals surface area contributed by atoms with Crippen LogP contribution in [0.4, 0.5) is 5.69 Å². The van der Waals surface area contributed by atoms with Gasteiger partial charge in [-0.1, -0.05) is 54.8 Å². The van der Waals surface area contributed by atoms with E-state index in [9.17, 15) is 13.2 Å². The molecule has 7 heteroatoms. The van der Waals surface area contributed by atoms with Gasteiger partial charge in [0, 0.05) is 6.04 Å². The van der Waals surface area contributed by atoms with Crippen molar-refractivity contribution < 1.29 is 13.2 Å². The van der Waals surface area contributed by atoms with Crippen molar-refractivity contribution in [2.24, 2.45) is 0 Å². The lowest BCUT2D eigenvalue weighted by molar-refractivity contribution is -0.120. The number of anilines is 1. The normalized spacial score (nSPS) is 12.4. The third-order valence-electron chi connectivity index (χ3n) is 4.15. The third kappa shape index (κ3) is 5.47. The van der Waals surface area contributed by atoms with Gasteiger partial charge >= 0.3 is 0 Å². The number of hydrogen-bond acceptors (Lipinski definition) is 3. The molecule has 0 aliphatic heterocycles. The van der Waals surface area contributed by atoms with Crippen molar-refractivity contribution in [3.05, 3.63) is 59.1 Å².